The molecule has 1 aromatic carbocycles. The van der Waals surface area contributed by atoms with E-state index in [-0.39, 0.29) is 0 Å². The van der Waals surface area contributed by atoms with Gasteiger partial charge in [-0.1, -0.05) is 40.2 Å². The first-order valence-electron chi connectivity index (χ1n) is 7.20. The molecule has 0 saturated heterocycles. The number of rotatable bonds is 3. The van der Waals surface area contributed by atoms with Crippen molar-refractivity contribution >= 4 is 15.9 Å². The first-order chi connectivity index (χ1) is 9.75. The Balaban J connectivity index is 1.81. The number of aromatic nitrogens is 1. The van der Waals surface area contributed by atoms with Crippen LogP contribution in [0.3, 0.4) is 0 Å². The van der Waals surface area contributed by atoms with Gasteiger partial charge in [-0.2, -0.15) is 0 Å². The zero-order valence-corrected chi connectivity index (χ0v) is 13.2. The van der Waals surface area contributed by atoms with Crippen molar-refractivity contribution in [2.45, 2.75) is 38.3 Å². The van der Waals surface area contributed by atoms with Crippen LogP contribution in [0.15, 0.2) is 47.1 Å². The monoisotopic (exact) mass is 330 g/mol. The predicted molar refractivity (Wildman–Crippen MR) is 85.6 cm³/mol. The van der Waals surface area contributed by atoms with Gasteiger partial charge in [0.15, 0.2) is 0 Å². The second-order valence-electron chi connectivity index (χ2n) is 5.40. The standard InChI is InChI=1S/C17H19BrN2/c1-12(14-8-2-3-9-15(14)18)20-16-10-4-6-13-7-5-11-19-17(13)16/h2-3,5,7-9,11-12,16,20H,4,6,10H2,1H3. The number of hydrogen-bond acceptors (Lipinski definition) is 2. The highest BCUT2D eigenvalue weighted by Crippen LogP contribution is 2.31. The Kier molecular flexibility index (Phi) is 4.18. The third kappa shape index (κ3) is 2.79. The Labute approximate surface area is 128 Å². The Morgan fingerprint density at radius 3 is 2.95 bits per heavy atom. The van der Waals surface area contributed by atoms with Gasteiger partial charge in [0.05, 0.1) is 11.7 Å². The normalized spacial score (nSPS) is 19.4. The molecule has 0 bridgehead atoms. The lowest BCUT2D eigenvalue weighted by Gasteiger charge is -2.28. The van der Waals surface area contributed by atoms with Crippen molar-refractivity contribution in [1.82, 2.24) is 10.3 Å². The Hall–Kier alpha value is -1.19. The van der Waals surface area contributed by atoms with Crippen molar-refractivity contribution in [1.29, 1.82) is 0 Å². The van der Waals surface area contributed by atoms with E-state index in [9.17, 15) is 0 Å². The second-order valence-corrected chi connectivity index (χ2v) is 6.26. The average molecular weight is 331 g/mol. The van der Waals surface area contributed by atoms with Gasteiger partial charge in [0, 0.05) is 16.7 Å². The van der Waals surface area contributed by atoms with E-state index in [1.807, 2.05) is 12.3 Å². The summed E-state index contributed by atoms with van der Waals surface area (Å²) in [6.45, 7) is 2.22. The lowest BCUT2D eigenvalue weighted by molar-refractivity contribution is 0.406. The molecule has 20 heavy (non-hydrogen) atoms. The minimum Gasteiger partial charge on any atom is -0.302 e. The molecule has 1 aromatic heterocycles. The van der Waals surface area contributed by atoms with Crippen LogP contribution in [0.5, 0.6) is 0 Å². The van der Waals surface area contributed by atoms with Gasteiger partial charge in [-0.05, 0) is 49.4 Å². The summed E-state index contributed by atoms with van der Waals surface area (Å²) >= 11 is 3.64. The van der Waals surface area contributed by atoms with E-state index in [1.54, 1.807) is 0 Å². The first-order valence-corrected chi connectivity index (χ1v) is 7.99. The van der Waals surface area contributed by atoms with E-state index in [1.165, 1.54) is 29.7 Å². The second kappa shape index (κ2) is 6.06. The maximum atomic E-state index is 4.60. The maximum Gasteiger partial charge on any atom is 0.0605 e. The van der Waals surface area contributed by atoms with Gasteiger partial charge < -0.3 is 5.32 Å². The number of hydrogen-bond donors (Lipinski definition) is 1. The fourth-order valence-corrected chi connectivity index (χ4v) is 3.62. The highest BCUT2D eigenvalue weighted by molar-refractivity contribution is 9.10. The third-order valence-electron chi connectivity index (χ3n) is 4.02. The molecule has 1 N–H and O–H groups in total. The predicted octanol–water partition coefficient (Wildman–Crippen LogP) is 4.57. The maximum absolute atomic E-state index is 4.60. The SMILES string of the molecule is CC(NC1CCCc2cccnc21)c1ccccc1Br. The van der Waals surface area contributed by atoms with E-state index in [0.29, 0.717) is 12.1 Å². The molecule has 1 heterocycles. The minimum atomic E-state index is 0.309. The quantitative estimate of drug-likeness (QED) is 0.891. The average Bonchev–Trinajstić information content (AvgIpc) is 2.48. The summed E-state index contributed by atoms with van der Waals surface area (Å²) < 4.78 is 1.16. The molecule has 3 heteroatoms. The molecule has 104 valence electrons. The van der Waals surface area contributed by atoms with Crippen molar-refractivity contribution in [3.05, 3.63) is 63.9 Å². The van der Waals surface area contributed by atoms with Crippen molar-refractivity contribution in [2.24, 2.45) is 0 Å². The van der Waals surface area contributed by atoms with Gasteiger partial charge >= 0.3 is 0 Å². The number of nitrogens with one attached hydrogen (secondary N) is 1. The molecule has 0 spiro atoms. The Morgan fingerprint density at radius 1 is 1.25 bits per heavy atom. The third-order valence-corrected chi connectivity index (χ3v) is 4.74. The van der Waals surface area contributed by atoms with Crippen molar-refractivity contribution in [3.8, 4) is 0 Å². The van der Waals surface area contributed by atoms with Gasteiger partial charge in [-0.25, -0.2) is 0 Å². The summed E-state index contributed by atoms with van der Waals surface area (Å²) in [5.41, 5.74) is 3.93. The van der Waals surface area contributed by atoms with Gasteiger partial charge in [0.1, 0.15) is 0 Å². The summed E-state index contributed by atoms with van der Waals surface area (Å²) in [5.74, 6) is 0. The number of halogens is 1. The van der Waals surface area contributed by atoms with Gasteiger partial charge in [0.2, 0.25) is 0 Å². The van der Waals surface area contributed by atoms with Crippen LogP contribution in [0.1, 0.15) is 48.7 Å². The van der Waals surface area contributed by atoms with E-state index in [4.69, 9.17) is 0 Å². The molecule has 1 aliphatic carbocycles. The largest absolute Gasteiger partial charge is 0.302 e. The molecule has 0 amide bonds. The summed E-state index contributed by atoms with van der Waals surface area (Å²) in [6, 6.07) is 13.3. The summed E-state index contributed by atoms with van der Waals surface area (Å²) in [7, 11) is 0. The lowest BCUT2D eigenvalue weighted by atomic mass is 9.91. The van der Waals surface area contributed by atoms with Crippen molar-refractivity contribution in [2.75, 3.05) is 0 Å². The molecule has 0 radical (unpaired) electrons. The van der Waals surface area contributed by atoms with Crippen molar-refractivity contribution < 1.29 is 0 Å². The van der Waals surface area contributed by atoms with Gasteiger partial charge in [-0.15, -0.1) is 0 Å². The molecule has 2 aromatic rings. The summed E-state index contributed by atoms with van der Waals surface area (Å²) in [6.07, 6.45) is 5.46. The molecule has 0 fully saturated rings. The highest BCUT2D eigenvalue weighted by atomic mass is 79.9. The molecule has 3 rings (SSSR count). The highest BCUT2D eigenvalue weighted by Gasteiger charge is 2.23. The number of nitrogens with zero attached hydrogens (tertiary/aromatic N) is 1. The molecule has 1 aliphatic rings. The van der Waals surface area contributed by atoms with Crippen LogP contribution < -0.4 is 5.32 Å². The van der Waals surface area contributed by atoms with Crippen LogP contribution in [0.25, 0.3) is 0 Å². The smallest absolute Gasteiger partial charge is 0.0605 e. The fraction of sp³-hybridized carbons (Fsp3) is 0.353. The van der Waals surface area contributed by atoms with E-state index < -0.39 is 0 Å². The van der Waals surface area contributed by atoms with Crippen LogP contribution in [0.4, 0.5) is 0 Å². The van der Waals surface area contributed by atoms with Gasteiger partial charge in [-0.3, -0.25) is 4.98 Å². The molecule has 0 saturated carbocycles. The zero-order valence-electron chi connectivity index (χ0n) is 11.6. The van der Waals surface area contributed by atoms with E-state index in [2.05, 4.69) is 63.5 Å². The summed E-state index contributed by atoms with van der Waals surface area (Å²) in [5, 5.41) is 3.74. The Bertz CT molecular complexity index is 597. The van der Waals surface area contributed by atoms with Crippen LogP contribution in [-0.2, 0) is 6.42 Å². The Morgan fingerprint density at radius 2 is 2.10 bits per heavy atom. The number of pyridine rings is 1. The van der Waals surface area contributed by atoms with Gasteiger partial charge in [0.25, 0.3) is 0 Å². The van der Waals surface area contributed by atoms with Crippen molar-refractivity contribution in [3.63, 3.8) is 0 Å². The first kappa shape index (κ1) is 13.8. The molecule has 2 unspecified atom stereocenters. The molecular weight excluding hydrogens is 312 g/mol. The molecule has 2 nitrogen and oxygen atoms in total. The van der Waals surface area contributed by atoms with Crippen LogP contribution >= 0.6 is 15.9 Å². The topological polar surface area (TPSA) is 24.9 Å². The molecule has 2 atom stereocenters. The zero-order chi connectivity index (χ0) is 13.9. The minimum absolute atomic E-state index is 0.309. The van der Waals surface area contributed by atoms with E-state index in [0.717, 1.165) is 10.9 Å². The van der Waals surface area contributed by atoms with E-state index >= 15 is 0 Å². The van der Waals surface area contributed by atoms with Crippen LogP contribution in [-0.4, -0.2) is 4.98 Å². The fourth-order valence-electron chi connectivity index (χ4n) is 2.99. The van der Waals surface area contributed by atoms with Crippen LogP contribution in [0.2, 0.25) is 0 Å². The molecule has 0 aliphatic heterocycles. The molecular formula is C17H19BrN2. The number of aryl methyl sites for hydroxylation is 1. The number of benzene rings is 1. The summed E-state index contributed by atoms with van der Waals surface area (Å²) in [4.78, 5) is 4.60. The van der Waals surface area contributed by atoms with Crippen LogP contribution in [0, 0.1) is 0 Å². The number of fused-ring (bicyclic) bond motifs is 1. The lowest BCUT2D eigenvalue weighted by Crippen LogP contribution is -2.28.